The molecule has 0 aliphatic rings. The molecular weight excluding hydrogens is 240 g/mol. The van der Waals surface area contributed by atoms with Crippen molar-refractivity contribution < 1.29 is 14.0 Å². The smallest absolute Gasteiger partial charge is 0.198 e. The van der Waals surface area contributed by atoms with E-state index in [-0.39, 0.29) is 23.9 Å². The molecule has 0 spiro atoms. The Kier molecular flexibility index (Phi) is 4.29. The Morgan fingerprint density at radius 2 is 1.79 bits per heavy atom. The van der Waals surface area contributed by atoms with E-state index in [0.29, 0.717) is 12.2 Å². The first-order valence-electron chi connectivity index (χ1n) is 6.28. The highest BCUT2D eigenvalue weighted by molar-refractivity contribution is 5.94. The van der Waals surface area contributed by atoms with E-state index < -0.39 is 0 Å². The van der Waals surface area contributed by atoms with E-state index in [2.05, 4.69) is 0 Å². The first kappa shape index (κ1) is 13.3. The molecule has 0 saturated carbocycles. The van der Waals surface area contributed by atoms with Gasteiger partial charge < -0.3 is 9.21 Å². The van der Waals surface area contributed by atoms with Crippen LogP contribution in [0.3, 0.4) is 0 Å². The van der Waals surface area contributed by atoms with Crippen LogP contribution in [-0.4, -0.2) is 11.6 Å². The number of Topliss-reactive ketones (excluding diaryl/α,β-unsaturated/α-hetero) is 2. The highest BCUT2D eigenvalue weighted by Gasteiger charge is 2.20. The molecule has 0 radical (unpaired) electrons. The van der Waals surface area contributed by atoms with Gasteiger partial charge >= 0.3 is 0 Å². The molecule has 2 aromatic rings. The van der Waals surface area contributed by atoms with Crippen molar-refractivity contribution in [1.29, 1.82) is 0 Å². The van der Waals surface area contributed by atoms with Crippen LogP contribution in [0.4, 0.5) is 0 Å². The fourth-order valence-corrected chi connectivity index (χ4v) is 2.14. The summed E-state index contributed by atoms with van der Waals surface area (Å²) in [7, 11) is 0. The highest BCUT2D eigenvalue weighted by atomic mass is 16.3. The maximum Gasteiger partial charge on any atom is 0.198 e. The van der Waals surface area contributed by atoms with Crippen LogP contribution in [0.5, 0.6) is 0 Å². The van der Waals surface area contributed by atoms with E-state index in [9.17, 15) is 9.59 Å². The molecule has 0 aliphatic carbocycles. The second kappa shape index (κ2) is 6.14. The fourth-order valence-electron chi connectivity index (χ4n) is 2.14. The summed E-state index contributed by atoms with van der Waals surface area (Å²) >= 11 is 0. The first-order valence-corrected chi connectivity index (χ1v) is 6.28. The predicted octanol–water partition coefficient (Wildman–Crippen LogP) is 3.62. The van der Waals surface area contributed by atoms with Crippen LogP contribution in [0.25, 0.3) is 0 Å². The molecule has 0 unspecified atom stereocenters. The van der Waals surface area contributed by atoms with Crippen molar-refractivity contribution >= 4 is 11.6 Å². The van der Waals surface area contributed by atoms with Crippen molar-refractivity contribution in [2.75, 3.05) is 0 Å². The number of ketones is 2. The fraction of sp³-hybridized carbons (Fsp3) is 0.250. The number of carbonyl (C=O) groups excluding carboxylic acids is 2. The second-order valence-corrected chi connectivity index (χ2v) is 4.62. The average molecular weight is 256 g/mol. The van der Waals surface area contributed by atoms with Gasteiger partial charge in [-0.3, -0.25) is 4.79 Å². The summed E-state index contributed by atoms with van der Waals surface area (Å²) in [5, 5.41) is 0. The lowest BCUT2D eigenvalue weighted by atomic mass is 9.89. The summed E-state index contributed by atoms with van der Waals surface area (Å²) in [5.74, 6) is 0.280. The minimum absolute atomic E-state index is 0.0693. The standard InChI is InChI=1S/C16H16O3/c1-12(17)10-14(13-6-3-2-4-7-13)11-15(18)16-8-5-9-19-16/h2-9,14H,10-11H2,1H3/t14-/m1/s1. The number of benzene rings is 1. The summed E-state index contributed by atoms with van der Waals surface area (Å²) < 4.78 is 5.10. The van der Waals surface area contributed by atoms with E-state index in [1.54, 1.807) is 19.1 Å². The van der Waals surface area contributed by atoms with Crippen LogP contribution >= 0.6 is 0 Å². The van der Waals surface area contributed by atoms with Crippen LogP contribution < -0.4 is 0 Å². The molecule has 1 aromatic carbocycles. The van der Waals surface area contributed by atoms with Gasteiger partial charge in [0, 0.05) is 12.8 Å². The third-order valence-electron chi connectivity index (χ3n) is 3.03. The first-order chi connectivity index (χ1) is 9.16. The summed E-state index contributed by atoms with van der Waals surface area (Å²) in [6.45, 7) is 1.55. The van der Waals surface area contributed by atoms with Crippen molar-refractivity contribution in [3.05, 3.63) is 60.1 Å². The van der Waals surface area contributed by atoms with E-state index in [4.69, 9.17) is 4.42 Å². The van der Waals surface area contributed by atoms with Gasteiger partial charge in [-0.1, -0.05) is 30.3 Å². The Morgan fingerprint density at radius 3 is 2.37 bits per heavy atom. The van der Waals surface area contributed by atoms with Gasteiger partial charge in [0.1, 0.15) is 5.78 Å². The van der Waals surface area contributed by atoms with Crippen LogP contribution in [0.2, 0.25) is 0 Å². The zero-order valence-corrected chi connectivity index (χ0v) is 10.8. The average Bonchev–Trinajstić information content (AvgIpc) is 2.92. The molecule has 3 heteroatoms. The largest absolute Gasteiger partial charge is 0.461 e. The Morgan fingerprint density at radius 1 is 1.05 bits per heavy atom. The molecule has 1 aromatic heterocycles. The van der Waals surface area contributed by atoms with Crippen molar-refractivity contribution in [1.82, 2.24) is 0 Å². The SMILES string of the molecule is CC(=O)C[C@H](CC(=O)c1ccco1)c1ccccc1. The van der Waals surface area contributed by atoms with Gasteiger partial charge in [-0.05, 0) is 30.5 Å². The van der Waals surface area contributed by atoms with E-state index in [1.807, 2.05) is 30.3 Å². The van der Waals surface area contributed by atoms with Gasteiger partial charge in [-0.15, -0.1) is 0 Å². The minimum Gasteiger partial charge on any atom is -0.461 e. The molecule has 0 bridgehead atoms. The quantitative estimate of drug-likeness (QED) is 0.742. The highest BCUT2D eigenvalue weighted by Crippen LogP contribution is 2.25. The summed E-state index contributed by atoms with van der Waals surface area (Å²) in [6.07, 6.45) is 2.14. The molecule has 3 nitrogen and oxygen atoms in total. The Hall–Kier alpha value is -2.16. The zero-order chi connectivity index (χ0) is 13.7. The number of hydrogen-bond donors (Lipinski definition) is 0. The van der Waals surface area contributed by atoms with Crippen molar-refractivity contribution in [2.24, 2.45) is 0 Å². The molecule has 1 atom stereocenters. The summed E-state index contributed by atoms with van der Waals surface area (Å²) in [5.41, 5.74) is 1.01. The number of furan rings is 1. The number of carbonyl (C=O) groups is 2. The maximum absolute atomic E-state index is 12.1. The third-order valence-corrected chi connectivity index (χ3v) is 3.03. The Labute approximate surface area is 112 Å². The van der Waals surface area contributed by atoms with Crippen molar-refractivity contribution in [3.63, 3.8) is 0 Å². The minimum atomic E-state index is -0.0868. The maximum atomic E-state index is 12.1. The van der Waals surface area contributed by atoms with Gasteiger partial charge in [0.2, 0.25) is 0 Å². The van der Waals surface area contributed by atoms with Crippen LogP contribution in [0.1, 0.15) is 41.8 Å². The van der Waals surface area contributed by atoms with E-state index in [0.717, 1.165) is 5.56 Å². The second-order valence-electron chi connectivity index (χ2n) is 4.62. The van der Waals surface area contributed by atoms with E-state index >= 15 is 0 Å². The molecular formula is C16H16O3. The van der Waals surface area contributed by atoms with Crippen LogP contribution in [0, 0.1) is 0 Å². The topological polar surface area (TPSA) is 47.3 Å². The van der Waals surface area contributed by atoms with Crippen molar-refractivity contribution in [2.45, 2.75) is 25.7 Å². The lowest BCUT2D eigenvalue weighted by molar-refractivity contribution is -0.117. The molecule has 0 aliphatic heterocycles. The summed E-state index contributed by atoms with van der Waals surface area (Å²) in [4.78, 5) is 23.4. The van der Waals surface area contributed by atoms with Gasteiger partial charge in [-0.2, -0.15) is 0 Å². The zero-order valence-electron chi connectivity index (χ0n) is 10.8. The molecule has 0 fully saturated rings. The lowest BCUT2D eigenvalue weighted by Crippen LogP contribution is -2.10. The normalized spacial score (nSPS) is 12.1. The molecule has 98 valence electrons. The molecule has 1 heterocycles. The Bertz CT molecular complexity index is 541. The van der Waals surface area contributed by atoms with Gasteiger partial charge in [0.15, 0.2) is 11.5 Å². The van der Waals surface area contributed by atoms with Gasteiger partial charge in [0.05, 0.1) is 6.26 Å². The lowest BCUT2D eigenvalue weighted by Gasteiger charge is -2.14. The van der Waals surface area contributed by atoms with Gasteiger partial charge in [-0.25, -0.2) is 0 Å². The number of rotatable bonds is 6. The molecule has 0 N–H and O–H groups in total. The molecule has 19 heavy (non-hydrogen) atoms. The molecule has 2 rings (SSSR count). The van der Waals surface area contributed by atoms with Crippen LogP contribution in [0.15, 0.2) is 53.1 Å². The van der Waals surface area contributed by atoms with Gasteiger partial charge in [0.25, 0.3) is 0 Å². The monoisotopic (exact) mass is 256 g/mol. The van der Waals surface area contributed by atoms with Crippen molar-refractivity contribution in [3.8, 4) is 0 Å². The predicted molar refractivity (Wildman–Crippen MR) is 72.1 cm³/mol. The third kappa shape index (κ3) is 3.65. The van der Waals surface area contributed by atoms with Crippen LogP contribution in [-0.2, 0) is 4.79 Å². The Balaban J connectivity index is 2.15. The van der Waals surface area contributed by atoms with E-state index in [1.165, 1.54) is 6.26 Å². The summed E-state index contributed by atoms with van der Waals surface area (Å²) in [6, 6.07) is 13.0. The molecule has 0 amide bonds. The number of hydrogen-bond acceptors (Lipinski definition) is 3. The molecule has 0 saturated heterocycles.